The maximum Gasteiger partial charge on any atom is 0.161 e. The Bertz CT molecular complexity index is 1000. The molecule has 3 aromatic rings. The van der Waals surface area contributed by atoms with E-state index in [2.05, 4.69) is 52.7 Å². The number of hydrogen-bond acceptors (Lipinski definition) is 5. The Morgan fingerprint density at radius 2 is 1.72 bits per heavy atom. The fourth-order valence-electron chi connectivity index (χ4n) is 4.30. The zero-order valence-electron chi connectivity index (χ0n) is 18.9. The van der Waals surface area contributed by atoms with Crippen molar-refractivity contribution in [3.8, 4) is 11.5 Å². The molecule has 1 aliphatic heterocycles. The van der Waals surface area contributed by atoms with Crippen molar-refractivity contribution in [2.75, 3.05) is 39.9 Å². The van der Waals surface area contributed by atoms with E-state index in [0.717, 1.165) is 38.2 Å². The van der Waals surface area contributed by atoms with E-state index < -0.39 is 6.10 Å². The average Bonchev–Trinajstić information content (AvgIpc) is 3.33. The highest BCUT2D eigenvalue weighted by atomic mass is 16.5. The van der Waals surface area contributed by atoms with Gasteiger partial charge in [-0.05, 0) is 72.9 Å². The van der Waals surface area contributed by atoms with Crippen LogP contribution in [0.25, 0.3) is 10.8 Å². The van der Waals surface area contributed by atoms with E-state index in [0.29, 0.717) is 18.0 Å². The van der Waals surface area contributed by atoms with E-state index in [9.17, 15) is 5.11 Å². The first-order valence-corrected chi connectivity index (χ1v) is 11.6. The summed E-state index contributed by atoms with van der Waals surface area (Å²) in [6.45, 7) is 4.76. The molecule has 1 heterocycles. The minimum Gasteiger partial charge on any atom is -0.493 e. The molecule has 1 fully saturated rings. The second-order valence-electron chi connectivity index (χ2n) is 8.57. The quantitative estimate of drug-likeness (QED) is 0.447. The van der Waals surface area contributed by atoms with Gasteiger partial charge < -0.3 is 24.8 Å². The summed E-state index contributed by atoms with van der Waals surface area (Å²) < 4.78 is 11.4. The zero-order valence-corrected chi connectivity index (χ0v) is 18.9. The standard InChI is InChI=1S/C27H34N2O3/c1-31-27-17-22(9-11-26(27)32-20-25(30)19-29-14-4-5-15-29)18-28-13-12-21-8-10-23-6-2-3-7-24(23)16-21/h2-3,6-11,16-17,25,28,30H,4-5,12-15,18-20H2,1H3. The number of benzene rings is 3. The number of aliphatic hydroxyl groups is 1. The normalized spacial score (nSPS) is 15.2. The van der Waals surface area contributed by atoms with Crippen LogP contribution in [0.15, 0.2) is 60.7 Å². The number of likely N-dealkylation sites (tertiary alicyclic amines) is 1. The van der Waals surface area contributed by atoms with Gasteiger partial charge in [-0.1, -0.05) is 48.5 Å². The van der Waals surface area contributed by atoms with Crippen LogP contribution in [0.1, 0.15) is 24.0 Å². The lowest BCUT2D eigenvalue weighted by Gasteiger charge is -2.20. The molecule has 0 bridgehead atoms. The average molecular weight is 435 g/mol. The molecule has 32 heavy (non-hydrogen) atoms. The van der Waals surface area contributed by atoms with Crippen molar-refractivity contribution in [3.63, 3.8) is 0 Å². The van der Waals surface area contributed by atoms with E-state index in [1.165, 1.54) is 29.2 Å². The Hall–Kier alpha value is -2.60. The molecule has 0 aromatic heterocycles. The maximum atomic E-state index is 10.3. The first kappa shape index (κ1) is 22.6. The summed E-state index contributed by atoms with van der Waals surface area (Å²) in [7, 11) is 1.65. The molecule has 0 amide bonds. The Kier molecular flexibility index (Phi) is 7.99. The maximum absolute atomic E-state index is 10.3. The van der Waals surface area contributed by atoms with Crippen molar-refractivity contribution >= 4 is 10.8 Å². The van der Waals surface area contributed by atoms with Crippen molar-refractivity contribution in [2.24, 2.45) is 0 Å². The van der Waals surface area contributed by atoms with E-state index >= 15 is 0 Å². The molecule has 0 saturated carbocycles. The highest BCUT2D eigenvalue weighted by Crippen LogP contribution is 2.28. The fraction of sp³-hybridized carbons (Fsp3) is 0.407. The second kappa shape index (κ2) is 11.3. The van der Waals surface area contributed by atoms with E-state index in [1.54, 1.807) is 7.11 Å². The van der Waals surface area contributed by atoms with Gasteiger partial charge in [-0.25, -0.2) is 0 Å². The van der Waals surface area contributed by atoms with E-state index in [4.69, 9.17) is 9.47 Å². The zero-order chi connectivity index (χ0) is 22.2. The van der Waals surface area contributed by atoms with Crippen LogP contribution in [0.5, 0.6) is 11.5 Å². The topological polar surface area (TPSA) is 54.0 Å². The number of β-amino-alcohol motifs (C(OH)–C–C–N with tert-alkyl or cyclic N) is 1. The Balaban J connectivity index is 1.23. The van der Waals surface area contributed by atoms with Crippen molar-refractivity contribution in [1.29, 1.82) is 0 Å². The molecule has 5 nitrogen and oxygen atoms in total. The van der Waals surface area contributed by atoms with Crippen molar-refractivity contribution < 1.29 is 14.6 Å². The number of ether oxygens (including phenoxy) is 2. The first-order chi connectivity index (χ1) is 15.7. The SMILES string of the molecule is COc1cc(CNCCc2ccc3ccccc3c2)ccc1OCC(O)CN1CCCC1. The largest absolute Gasteiger partial charge is 0.493 e. The molecule has 1 unspecified atom stereocenters. The summed E-state index contributed by atoms with van der Waals surface area (Å²) in [5.41, 5.74) is 2.48. The number of fused-ring (bicyclic) bond motifs is 1. The minimum absolute atomic E-state index is 0.274. The van der Waals surface area contributed by atoms with Gasteiger partial charge in [-0.2, -0.15) is 0 Å². The molecule has 0 radical (unpaired) electrons. The minimum atomic E-state index is -0.491. The van der Waals surface area contributed by atoms with Crippen molar-refractivity contribution in [1.82, 2.24) is 10.2 Å². The molecule has 3 aromatic carbocycles. The van der Waals surface area contributed by atoms with Gasteiger partial charge in [-0.3, -0.25) is 0 Å². The highest BCUT2D eigenvalue weighted by Gasteiger charge is 2.17. The summed E-state index contributed by atoms with van der Waals surface area (Å²) in [5, 5.41) is 16.4. The van der Waals surface area contributed by atoms with Crippen LogP contribution >= 0.6 is 0 Å². The van der Waals surface area contributed by atoms with Gasteiger partial charge in [0.25, 0.3) is 0 Å². The van der Waals surface area contributed by atoms with Crippen LogP contribution in [-0.4, -0.2) is 56.0 Å². The fourth-order valence-corrected chi connectivity index (χ4v) is 4.30. The molecule has 1 aliphatic rings. The molecular formula is C27H34N2O3. The van der Waals surface area contributed by atoms with Crippen LogP contribution in [0.3, 0.4) is 0 Å². The van der Waals surface area contributed by atoms with Gasteiger partial charge in [-0.15, -0.1) is 0 Å². The summed E-state index contributed by atoms with van der Waals surface area (Å²) in [6, 6.07) is 21.1. The lowest BCUT2D eigenvalue weighted by Crippen LogP contribution is -2.33. The number of nitrogens with one attached hydrogen (secondary N) is 1. The van der Waals surface area contributed by atoms with Crippen molar-refractivity contribution in [2.45, 2.75) is 31.9 Å². The molecule has 0 aliphatic carbocycles. The Morgan fingerprint density at radius 1 is 0.938 bits per heavy atom. The molecule has 170 valence electrons. The summed E-state index contributed by atoms with van der Waals surface area (Å²) in [5.74, 6) is 1.38. The van der Waals surface area contributed by atoms with E-state index in [1.807, 2.05) is 18.2 Å². The molecule has 1 atom stereocenters. The Labute approximate surface area is 191 Å². The molecule has 1 saturated heterocycles. The van der Waals surface area contributed by atoms with Crippen LogP contribution < -0.4 is 14.8 Å². The number of aliphatic hydroxyl groups excluding tert-OH is 1. The summed E-state index contributed by atoms with van der Waals surface area (Å²) in [4.78, 5) is 2.29. The number of methoxy groups -OCH3 is 1. The van der Waals surface area contributed by atoms with Crippen LogP contribution in [-0.2, 0) is 13.0 Å². The van der Waals surface area contributed by atoms with Crippen LogP contribution in [0, 0.1) is 0 Å². The predicted octanol–water partition coefficient (Wildman–Crippen LogP) is 4.02. The Morgan fingerprint density at radius 3 is 2.53 bits per heavy atom. The molecule has 2 N–H and O–H groups in total. The monoisotopic (exact) mass is 434 g/mol. The molecule has 5 heteroatoms. The third-order valence-electron chi connectivity index (χ3n) is 6.06. The summed E-state index contributed by atoms with van der Waals surface area (Å²) in [6.07, 6.45) is 2.94. The van der Waals surface area contributed by atoms with Gasteiger partial charge in [0, 0.05) is 13.1 Å². The number of hydrogen-bond donors (Lipinski definition) is 2. The lowest BCUT2D eigenvalue weighted by atomic mass is 10.1. The third-order valence-corrected chi connectivity index (χ3v) is 6.06. The smallest absolute Gasteiger partial charge is 0.161 e. The molecule has 4 rings (SSSR count). The van der Waals surface area contributed by atoms with Crippen molar-refractivity contribution in [3.05, 3.63) is 71.8 Å². The van der Waals surface area contributed by atoms with E-state index in [-0.39, 0.29) is 6.61 Å². The lowest BCUT2D eigenvalue weighted by molar-refractivity contribution is 0.0747. The van der Waals surface area contributed by atoms with Gasteiger partial charge >= 0.3 is 0 Å². The first-order valence-electron chi connectivity index (χ1n) is 11.6. The van der Waals surface area contributed by atoms with Gasteiger partial charge in [0.05, 0.1) is 7.11 Å². The second-order valence-corrected chi connectivity index (χ2v) is 8.57. The molecular weight excluding hydrogens is 400 g/mol. The predicted molar refractivity (Wildman–Crippen MR) is 130 cm³/mol. The highest BCUT2D eigenvalue weighted by molar-refractivity contribution is 5.82. The van der Waals surface area contributed by atoms with Gasteiger partial charge in [0.1, 0.15) is 12.7 Å². The van der Waals surface area contributed by atoms with Gasteiger partial charge in [0.15, 0.2) is 11.5 Å². The van der Waals surface area contributed by atoms with Gasteiger partial charge in [0.2, 0.25) is 0 Å². The number of nitrogens with zero attached hydrogens (tertiary/aromatic N) is 1. The summed E-state index contributed by atoms with van der Waals surface area (Å²) >= 11 is 0. The molecule has 0 spiro atoms. The third kappa shape index (κ3) is 6.22. The van der Waals surface area contributed by atoms with Crippen LogP contribution in [0.2, 0.25) is 0 Å². The van der Waals surface area contributed by atoms with Crippen LogP contribution in [0.4, 0.5) is 0 Å². The number of rotatable bonds is 11.